The van der Waals surface area contributed by atoms with Crippen LogP contribution >= 0.6 is 0 Å². The Hall–Kier alpha value is -3.35. The molecule has 0 radical (unpaired) electrons. The van der Waals surface area contributed by atoms with Crippen LogP contribution in [0.5, 0.6) is 5.75 Å². The molecule has 134 valence electrons. The van der Waals surface area contributed by atoms with Gasteiger partial charge in [0.2, 0.25) is 5.91 Å². The van der Waals surface area contributed by atoms with E-state index in [0.717, 1.165) is 10.5 Å². The van der Waals surface area contributed by atoms with Crippen LogP contribution in [-0.4, -0.2) is 35.4 Å². The summed E-state index contributed by atoms with van der Waals surface area (Å²) in [4.78, 5) is 36.7. The number of benzene rings is 2. The van der Waals surface area contributed by atoms with Gasteiger partial charge in [0.15, 0.2) is 6.10 Å². The first-order chi connectivity index (χ1) is 12.5. The van der Waals surface area contributed by atoms with E-state index in [4.69, 9.17) is 4.74 Å². The van der Waals surface area contributed by atoms with E-state index in [1.54, 1.807) is 43.3 Å². The average molecular weight is 353 g/mol. The minimum absolute atomic E-state index is 0.0175. The number of imide groups is 1. The fraction of sp³-hybridized carbons (Fsp3) is 0.211. The number of carbonyl (C=O) groups is 3. The number of hydrogen-bond donors (Lipinski definition) is 2. The quantitative estimate of drug-likeness (QED) is 0.779. The Morgan fingerprint density at radius 1 is 1.19 bits per heavy atom. The van der Waals surface area contributed by atoms with Gasteiger partial charge in [-0.1, -0.05) is 30.3 Å². The predicted molar refractivity (Wildman–Crippen MR) is 95.6 cm³/mol. The molecule has 2 aromatic carbocycles. The maximum absolute atomic E-state index is 12.3. The van der Waals surface area contributed by atoms with Gasteiger partial charge in [0.1, 0.15) is 5.75 Å². The summed E-state index contributed by atoms with van der Waals surface area (Å²) < 4.78 is 5.60. The van der Waals surface area contributed by atoms with Gasteiger partial charge in [0, 0.05) is 5.69 Å². The van der Waals surface area contributed by atoms with Crippen LogP contribution in [0.15, 0.2) is 54.6 Å². The molecule has 3 rings (SSSR count). The molecule has 0 aliphatic carbocycles. The van der Waals surface area contributed by atoms with Gasteiger partial charge < -0.3 is 15.4 Å². The van der Waals surface area contributed by atoms with Crippen LogP contribution in [0.4, 0.5) is 10.5 Å². The molecule has 1 fully saturated rings. The lowest BCUT2D eigenvalue weighted by molar-refractivity contribution is -0.125. The van der Waals surface area contributed by atoms with Crippen LogP contribution in [0.3, 0.4) is 0 Å². The molecule has 0 saturated carbocycles. The summed E-state index contributed by atoms with van der Waals surface area (Å²) in [5.41, 5.74) is 1.31. The summed E-state index contributed by atoms with van der Waals surface area (Å²) in [6.07, 6.45) is -0.674. The number of rotatable bonds is 6. The molecule has 1 atom stereocenters. The van der Waals surface area contributed by atoms with E-state index in [1.807, 2.05) is 18.2 Å². The monoisotopic (exact) mass is 353 g/mol. The zero-order valence-corrected chi connectivity index (χ0v) is 14.3. The van der Waals surface area contributed by atoms with Crippen molar-refractivity contribution in [3.05, 3.63) is 60.2 Å². The first kappa shape index (κ1) is 17.5. The minimum Gasteiger partial charge on any atom is -0.481 e. The molecule has 26 heavy (non-hydrogen) atoms. The zero-order chi connectivity index (χ0) is 18.5. The summed E-state index contributed by atoms with van der Waals surface area (Å²) in [6, 6.07) is 15.7. The normalized spacial score (nSPS) is 14.7. The smallest absolute Gasteiger partial charge is 0.324 e. The van der Waals surface area contributed by atoms with Crippen molar-refractivity contribution in [1.29, 1.82) is 0 Å². The van der Waals surface area contributed by atoms with Crippen molar-refractivity contribution in [1.82, 2.24) is 10.2 Å². The van der Waals surface area contributed by atoms with Crippen LogP contribution in [0.1, 0.15) is 12.5 Å². The first-order valence-electron chi connectivity index (χ1n) is 8.22. The van der Waals surface area contributed by atoms with E-state index in [0.29, 0.717) is 11.4 Å². The third-order valence-electron chi connectivity index (χ3n) is 3.90. The molecule has 7 nitrogen and oxygen atoms in total. The second-order valence-corrected chi connectivity index (χ2v) is 5.90. The number of hydrogen-bond acceptors (Lipinski definition) is 4. The van der Waals surface area contributed by atoms with Crippen molar-refractivity contribution >= 4 is 23.5 Å². The second kappa shape index (κ2) is 7.69. The molecule has 0 bridgehead atoms. The third-order valence-corrected chi connectivity index (χ3v) is 3.90. The molecule has 0 aromatic heterocycles. The van der Waals surface area contributed by atoms with Gasteiger partial charge in [-0.05, 0) is 36.8 Å². The molecule has 1 heterocycles. The van der Waals surface area contributed by atoms with E-state index >= 15 is 0 Å². The van der Waals surface area contributed by atoms with E-state index in [-0.39, 0.29) is 24.9 Å². The molecule has 0 unspecified atom stereocenters. The highest BCUT2D eigenvalue weighted by atomic mass is 16.5. The number of anilines is 1. The maximum atomic E-state index is 12.3. The summed E-state index contributed by atoms with van der Waals surface area (Å²) in [5.74, 6) is 0.0535. The number of carbonyl (C=O) groups excluding carboxylic acids is 3. The summed E-state index contributed by atoms with van der Waals surface area (Å²) >= 11 is 0. The van der Waals surface area contributed by atoms with E-state index < -0.39 is 12.1 Å². The summed E-state index contributed by atoms with van der Waals surface area (Å²) in [7, 11) is 0. The number of nitrogens with zero attached hydrogens (tertiary/aromatic N) is 1. The Balaban J connectivity index is 1.62. The zero-order valence-electron chi connectivity index (χ0n) is 14.3. The highest BCUT2D eigenvalue weighted by Crippen LogP contribution is 2.16. The Morgan fingerprint density at radius 2 is 1.96 bits per heavy atom. The Labute approximate surface area is 150 Å². The fourth-order valence-electron chi connectivity index (χ4n) is 2.55. The van der Waals surface area contributed by atoms with Gasteiger partial charge in [-0.2, -0.15) is 0 Å². The van der Waals surface area contributed by atoms with Gasteiger partial charge in [0.05, 0.1) is 13.1 Å². The van der Waals surface area contributed by atoms with Crippen LogP contribution < -0.4 is 15.4 Å². The van der Waals surface area contributed by atoms with Crippen molar-refractivity contribution < 1.29 is 19.1 Å². The number of amides is 4. The lowest BCUT2D eigenvalue weighted by Crippen LogP contribution is -2.31. The van der Waals surface area contributed by atoms with Gasteiger partial charge in [-0.25, -0.2) is 4.79 Å². The predicted octanol–water partition coefficient (Wildman–Crippen LogP) is 2.14. The van der Waals surface area contributed by atoms with E-state index in [9.17, 15) is 14.4 Å². The highest BCUT2D eigenvalue weighted by Gasteiger charge is 2.28. The van der Waals surface area contributed by atoms with Gasteiger partial charge >= 0.3 is 6.03 Å². The van der Waals surface area contributed by atoms with Crippen molar-refractivity contribution in [2.75, 3.05) is 11.9 Å². The van der Waals surface area contributed by atoms with Crippen molar-refractivity contribution in [2.45, 2.75) is 19.6 Å². The Bertz CT molecular complexity index is 807. The lowest BCUT2D eigenvalue weighted by atomic mass is 10.2. The molecule has 2 N–H and O–H groups in total. The number of ether oxygens (including phenoxy) is 1. The van der Waals surface area contributed by atoms with Crippen LogP contribution in [0.25, 0.3) is 0 Å². The van der Waals surface area contributed by atoms with Crippen LogP contribution in [0, 0.1) is 0 Å². The Morgan fingerprint density at radius 3 is 2.65 bits per heavy atom. The summed E-state index contributed by atoms with van der Waals surface area (Å²) in [5, 5.41) is 5.26. The summed E-state index contributed by atoms with van der Waals surface area (Å²) in [6.45, 7) is 1.84. The molecule has 0 spiro atoms. The number of para-hydroxylation sites is 1. The largest absolute Gasteiger partial charge is 0.481 e. The lowest BCUT2D eigenvalue weighted by Gasteiger charge is -2.16. The first-order valence-corrected chi connectivity index (χ1v) is 8.22. The van der Waals surface area contributed by atoms with Crippen molar-refractivity contribution in [3.63, 3.8) is 0 Å². The molecule has 1 saturated heterocycles. The molecular weight excluding hydrogens is 334 g/mol. The SMILES string of the molecule is C[C@@H](Oc1ccccc1)C(=O)Nc1cccc(CN2C(=O)CNC2=O)c1. The molecule has 4 amide bonds. The topological polar surface area (TPSA) is 87.7 Å². The fourth-order valence-corrected chi connectivity index (χ4v) is 2.55. The minimum atomic E-state index is -0.674. The second-order valence-electron chi connectivity index (χ2n) is 5.90. The molecule has 7 heteroatoms. The van der Waals surface area contributed by atoms with E-state index in [2.05, 4.69) is 10.6 Å². The number of nitrogens with one attached hydrogen (secondary N) is 2. The third kappa shape index (κ3) is 4.18. The van der Waals surface area contributed by atoms with Crippen molar-refractivity contribution in [3.8, 4) is 5.75 Å². The van der Waals surface area contributed by atoms with Gasteiger partial charge in [-0.3, -0.25) is 14.5 Å². The van der Waals surface area contributed by atoms with Gasteiger partial charge in [-0.15, -0.1) is 0 Å². The molecule has 1 aliphatic heterocycles. The average Bonchev–Trinajstić information content (AvgIpc) is 2.95. The maximum Gasteiger partial charge on any atom is 0.324 e. The molecular formula is C19H19N3O4. The molecule has 1 aliphatic rings. The van der Waals surface area contributed by atoms with E-state index in [1.165, 1.54) is 0 Å². The van der Waals surface area contributed by atoms with Crippen LogP contribution in [-0.2, 0) is 16.1 Å². The van der Waals surface area contributed by atoms with Gasteiger partial charge in [0.25, 0.3) is 5.91 Å². The molecule has 2 aromatic rings. The van der Waals surface area contributed by atoms with Crippen molar-refractivity contribution in [2.24, 2.45) is 0 Å². The highest BCUT2D eigenvalue weighted by molar-refractivity contribution is 6.01. The number of urea groups is 1. The standard InChI is InChI=1S/C19H19N3O4/c1-13(26-16-8-3-2-4-9-16)18(24)21-15-7-5-6-14(10-15)12-22-17(23)11-20-19(22)25/h2-10,13H,11-12H2,1H3,(H,20,25)(H,21,24)/t13-/m1/s1. The van der Waals surface area contributed by atoms with Crippen LogP contribution in [0.2, 0.25) is 0 Å². The Kier molecular flexibility index (Phi) is 5.17.